The van der Waals surface area contributed by atoms with Crippen LogP contribution in [-0.4, -0.2) is 25.6 Å². The lowest BCUT2D eigenvalue weighted by atomic mass is 10.1. The van der Waals surface area contributed by atoms with Crippen LogP contribution in [-0.2, 0) is 9.53 Å². The van der Waals surface area contributed by atoms with E-state index in [1.54, 1.807) is 18.2 Å². The monoisotopic (exact) mass is 405 g/mol. The van der Waals surface area contributed by atoms with Crippen LogP contribution in [0.25, 0.3) is 0 Å². The predicted octanol–water partition coefficient (Wildman–Crippen LogP) is 4.18. The summed E-state index contributed by atoms with van der Waals surface area (Å²) in [6.07, 6.45) is 0. The third-order valence-electron chi connectivity index (χ3n) is 3.67. The molecule has 0 atom stereocenters. The third-order valence-corrected chi connectivity index (χ3v) is 4.36. The fourth-order valence-electron chi connectivity index (χ4n) is 2.55. The van der Waals surface area contributed by atoms with E-state index < -0.39 is 5.97 Å². The van der Waals surface area contributed by atoms with Crippen molar-refractivity contribution in [3.63, 3.8) is 0 Å². The van der Waals surface area contributed by atoms with E-state index in [9.17, 15) is 9.59 Å². The van der Waals surface area contributed by atoms with Gasteiger partial charge in [0.25, 0.3) is 5.91 Å². The Hall–Kier alpha value is -2.34. The second-order valence-corrected chi connectivity index (χ2v) is 6.60. The van der Waals surface area contributed by atoms with E-state index in [2.05, 4.69) is 21.2 Å². The van der Waals surface area contributed by atoms with E-state index in [-0.39, 0.29) is 12.5 Å². The molecule has 1 N–H and O–H groups in total. The molecule has 0 aliphatic carbocycles. The number of rotatable bonds is 5. The number of nitrogens with one attached hydrogen (secondary N) is 1. The number of benzene rings is 2. The van der Waals surface area contributed by atoms with Gasteiger partial charge in [0.05, 0.1) is 12.7 Å². The molecular formula is C19H20BrNO4. The molecule has 0 aromatic heterocycles. The van der Waals surface area contributed by atoms with Crippen molar-refractivity contribution in [1.82, 2.24) is 0 Å². The highest BCUT2D eigenvalue weighted by Gasteiger charge is 2.15. The number of hydrogen-bond donors (Lipinski definition) is 1. The molecule has 0 unspecified atom stereocenters. The quantitative estimate of drug-likeness (QED) is 0.757. The Bertz CT molecular complexity index is 794. The van der Waals surface area contributed by atoms with Crippen LogP contribution in [0, 0.1) is 20.8 Å². The molecular weight excluding hydrogens is 386 g/mol. The summed E-state index contributed by atoms with van der Waals surface area (Å²) in [5, 5.41) is 2.80. The maximum Gasteiger partial charge on any atom is 0.339 e. The minimum atomic E-state index is -0.599. The van der Waals surface area contributed by atoms with Crippen LogP contribution in [0.15, 0.2) is 34.8 Å². The average molecular weight is 406 g/mol. The highest BCUT2D eigenvalue weighted by molar-refractivity contribution is 9.10. The summed E-state index contributed by atoms with van der Waals surface area (Å²) >= 11 is 3.29. The Balaban J connectivity index is 2.02. The van der Waals surface area contributed by atoms with E-state index in [0.717, 1.165) is 22.4 Å². The lowest BCUT2D eigenvalue weighted by Gasteiger charge is -2.13. The van der Waals surface area contributed by atoms with Gasteiger partial charge in [0.15, 0.2) is 6.61 Å². The fourth-order valence-corrected chi connectivity index (χ4v) is 2.96. The van der Waals surface area contributed by atoms with E-state index in [0.29, 0.717) is 15.8 Å². The topological polar surface area (TPSA) is 64.6 Å². The predicted molar refractivity (Wildman–Crippen MR) is 100 cm³/mol. The summed E-state index contributed by atoms with van der Waals surface area (Å²) in [6, 6.07) is 8.94. The first-order valence-electron chi connectivity index (χ1n) is 7.70. The molecule has 0 heterocycles. The van der Waals surface area contributed by atoms with Crippen molar-refractivity contribution in [1.29, 1.82) is 0 Å². The molecule has 0 aliphatic heterocycles. The van der Waals surface area contributed by atoms with Gasteiger partial charge < -0.3 is 14.8 Å². The molecule has 0 aliphatic rings. The van der Waals surface area contributed by atoms with Gasteiger partial charge in [0.2, 0.25) is 0 Å². The second-order valence-electron chi connectivity index (χ2n) is 5.74. The summed E-state index contributed by atoms with van der Waals surface area (Å²) < 4.78 is 10.8. The van der Waals surface area contributed by atoms with Crippen LogP contribution in [0.3, 0.4) is 0 Å². The smallest absolute Gasteiger partial charge is 0.339 e. The summed E-state index contributed by atoms with van der Waals surface area (Å²) in [5.41, 5.74) is 4.10. The van der Waals surface area contributed by atoms with Gasteiger partial charge in [-0.2, -0.15) is 0 Å². The molecule has 6 heteroatoms. The lowest BCUT2D eigenvalue weighted by molar-refractivity contribution is -0.119. The molecule has 2 aromatic carbocycles. The van der Waals surface area contributed by atoms with Gasteiger partial charge >= 0.3 is 5.97 Å². The summed E-state index contributed by atoms with van der Waals surface area (Å²) in [5.74, 6) is -0.453. The van der Waals surface area contributed by atoms with Gasteiger partial charge in [-0.15, -0.1) is 0 Å². The van der Waals surface area contributed by atoms with Crippen LogP contribution < -0.4 is 10.1 Å². The van der Waals surface area contributed by atoms with Gasteiger partial charge in [0.1, 0.15) is 5.75 Å². The molecule has 132 valence electrons. The van der Waals surface area contributed by atoms with Crippen molar-refractivity contribution in [2.45, 2.75) is 20.8 Å². The zero-order chi connectivity index (χ0) is 18.6. The zero-order valence-electron chi connectivity index (χ0n) is 14.6. The van der Waals surface area contributed by atoms with Crippen LogP contribution in [0.4, 0.5) is 5.69 Å². The van der Waals surface area contributed by atoms with E-state index >= 15 is 0 Å². The normalized spacial score (nSPS) is 10.3. The van der Waals surface area contributed by atoms with Crippen LogP contribution in [0.5, 0.6) is 5.75 Å². The number of carbonyl (C=O) groups excluding carboxylic acids is 2. The van der Waals surface area contributed by atoms with Crippen molar-refractivity contribution in [3.05, 3.63) is 57.1 Å². The highest BCUT2D eigenvalue weighted by Crippen LogP contribution is 2.24. The first-order valence-corrected chi connectivity index (χ1v) is 8.49. The molecule has 0 saturated carbocycles. The number of carbonyl (C=O) groups is 2. The number of hydrogen-bond acceptors (Lipinski definition) is 4. The summed E-state index contributed by atoms with van der Waals surface area (Å²) in [6.45, 7) is 5.48. The Morgan fingerprint density at radius 2 is 1.72 bits per heavy atom. The lowest BCUT2D eigenvalue weighted by Crippen LogP contribution is -2.22. The standard InChI is InChI=1S/C19H20BrNO4/c1-11-7-12(2)18(13(3)8-11)21-17(22)10-25-19(23)15-9-14(24-4)5-6-16(15)20/h5-9H,10H2,1-4H3,(H,21,22). The molecule has 0 bridgehead atoms. The first kappa shape index (κ1) is 19.0. The number of aryl methyl sites for hydroxylation is 3. The molecule has 1 amide bonds. The van der Waals surface area contributed by atoms with Crippen LogP contribution in [0.2, 0.25) is 0 Å². The molecule has 0 radical (unpaired) electrons. The second kappa shape index (κ2) is 8.16. The van der Waals surface area contributed by atoms with Crippen molar-refractivity contribution < 1.29 is 19.1 Å². The number of ether oxygens (including phenoxy) is 2. The van der Waals surface area contributed by atoms with Crippen LogP contribution in [0.1, 0.15) is 27.0 Å². The fraction of sp³-hybridized carbons (Fsp3) is 0.263. The molecule has 2 aromatic rings. The van der Waals surface area contributed by atoms with E-state index in [1.165, 1.54) is 7.11 Å². The summed E-state index contributed by atoms with van der Waals surface area (Å²) in [4.78, 5) is 24.3. The Morgan fingerprint density at radius 3 is 2.32 bits per heavy atom. The minimum absolute atomic E-state index is 0.301. The average Bonchev–Trinajstić information content (AvgIpc) is 2.56. The SMILES string of the molecule is COc1ccc(Br)c(C(=O)OCC(=O)Nc2c(C)cc(C)cc2C)c1. The van der Waals surface area contributed by atoms with Gasteiger partial charge in [-0.25, -0.2) is 4.79 Å². The molecule has 5 nitrogen and oxygen atoms in total. The third kappa shape index (κ3) is 4.82. The molecule has 25 heavy (non-hydrogen) atoms. The van der Waals surface area contributed by atoms with Crippen molar-refractivity contribution in [3.8, 4) is 5.75 Å². The zero-order valence-corrected chi connectivity index (χ0v) is 16.2. The minimum Gasteiger partial charge on any atom is -0.497 e. The molecule has 0 fully saturated rings. The first-order chi connectivity index (χ1) is 11.8. The Morgan fingerprint density at radius 1 is 1.08 bits per heavy atom. The molecule has 2 rings (SSSR count). The number of methoxy groups -OCH3 is 1. The maximum atomic E-state index is 12.2. The van der Waals surface area contributed by atoms with Crippen molar-refractivity contribution in [2.24, 2.45) is 0 Å². The molecule has 0 spiro atoms. The Labute approximate surface area is 155 Å². The largest absolute Gasteiger partial charge is 0.497 e. The maximum absolute atomic E-state index is 12.2. The molecule has 0 saturated heterocycles. The number of anilines is 1. The summed E-state index contributed by atoms with van der Waals surface area (Å²) in [7, 11) is 1.51. The number of amides is 1. The Kier molecular flexibility index (Phi) is 6.20. The van der Waals surface area contributed by atoms with E-state index in [1.807, 2.05) is 32.9 Å². The van der Waals surface area contributed by atoms with Crippen LogP contribution >= 0.6 is 15.9 Å². The number of esters is 1. The van der Waals surface area contributed by atoms with Gasteiger partial charge in [0, 0.05) is 10.2 Å². The van der Waals surface area contributed by atoms with Gasteiger partial charge in [-0.05, 0) is 66.0 Å². The van der Waals surface area contributed by atoms with E-state index in [4.69, 9.17) is 9.47 Å². The van der Waals surface area contributed by atoms with Crippen molar-refractivity contribution >= 4 is 33.5 Å². The van der Waals surface area contributed by atoms with Gasteiger partial charge in [-0.1, -0.05) is 17.7 Å². The number of halogens is 1. The van der Waals surface area contributed by atoms with Gasteiger partial charge in [-0.3, -0.25) is 4.79 Å². The highest BCUT2D eigenvalue weighted by atomic mass is 79.9. The van der Waals surface area contributed by atoms with Crippen molar-refractivity contribution in [2.75, 3.05) is 19.0 Å².